The predicted molar refractivity (Wildman–Crippen MR) is 113 cm³/mol. The largest absolute Gasteiger partial charge is 0.486 e. The zero-order valence-corrected chi connectivity index (χ0v) is 17.5. The Morgan fingerprint density at radius 3 is 2.90 bits per heavy atom. The molecule has 2 aliphatic heterocycles. The van der Waals surface area contributed by atoms with Gasteiger partial charge in [-0.15, -0.1) is 0 Å². The number of carbonyl (C=O) groups excluding carboxylic acids is 3. The van der Waals surface area contributed by atoms with E-state index in [1.54, 1.807) is 42.5 Å². The number of nitrogens with one attached hydrogen (secondary N) is 1. The highest BCUT2D eigenvalue weighted by molar-refractivity contribution is 6.00. The van der Waals surface area contributed by atoms with Crippen LogP contribution in [-0.4, -0.2) is 57.2 Å². The Balaban J connectivity index is 1.37. The molecule has 2 aliphatic rings. The Morgan fingerprint density at radius 2 is 2.10 bits per heavy atom. The molecule has 4 rings (SSSR count). The van der Waals surface area contributed by atoms with Crippen LogP contribution >= 0.6 is 0 Å². The lowest BCUT2D eigenvalue weighted by Crippen LogP contribution is -2.49. The summed E-state index contributed by atoms with van der Waals surface area (Å²) in [5.74, 6) is 0.314. The van der Waals surface area contributed by atoms with Gasteiger partial charge in [-0.05, 0) is 25.5 Å². The summed E-state index contributed by atoms with van der Waals surface area (Å²) in [4.78, 5) is 47.9. The second-order valence-corrected chi connectivity index (χ2v) is 8.13. The molecule has 1 N–H and O–H groups in total. The molecule has 2 aromatic rings. The molecule has 1 saturated heterocycles. The summed E-state index contributed by atoms with van der Waals surface area (Å²) in [6, 6.07) is 6.63. The third-order valence-electron chi connectivity index (χ3n) is 6.06. The Bertz CT molecular complexity index is 981. The zero-order valence-electron chi connectivity index (χ0n) is 17.5. The number of Topliss-reactive ketones (excluding diaryl/α,β-unsaturated/α-hetero) is 1. The number of amides is 2. The summed E-state index contributed by atoms with van der Waals surface area (Å²) < 4.78 is 6.25. The van der Waals surface area contributed by atoms with E-state index in [-0.39, 0.29) is 30.4 Å². The Labute approximate surface area is 181 Å². The second-order valence-electron chi connectivity index (χ2n) is 8.13. The van der Waals surface area contributed by atoms with Crippen LogP contribution in [0.25, 0.3) is 0 Å². The number of carbonyl (C=O) groups is 3. The van der Waals surface area contributed by atoms with Crippen molar-refractivity contribution in [1.82, 2.24) is 20.2 Å². The number of hydrogen-bond donors (Lipinski definition) is 1. The predicted octanol–water partition coefficient (Wildman–Crippen LogP) is 1.94. The van der Waals surface area contributed by atoms with Crippen LogP contribution in [-0.2, 0) is 16.0 Å². The Morgan fingerprint density at radius 1 is 1.26 bits per heavy atom. The Hall–Kier alpha value is -3.29. The third kappa shape index (κ3) is 4.57. The van der Waals surface area contributed by atoms with Crippen molar-refractivity contribution in [3.8, 4) is 5.75 Å². The van der Waals surface area contributed by atoms with Crippen LogP contribution in [0.4, 0.5) is 0 Å². The lowest BCUT2D eigenvalue weighted by molar-refractivity contribution is -0.139. The average Bonchev–Trinajstić information content (AvgIpc) is 2.93. The maximum atomic E-state index is 12.8. The van der Waals surface area contributed by atoms with Crippen molar-refractivity contribution in [3.63, 3.8) is 0 Å². The van der Waals surface area contributed by atoms with Gasteiger partial charge in [-0.3, -0.25) is 24.4 Å². The van der Waals surface area contributed by atoms with E-state index in [1.165, 1.54) is 0 Å². The first-order chi connectivity index (χ1) is 15.0. The van der Waals surface area contributed by atoms with E-state index < -0.39 is 11.6 Å². The lowest BCUT2D eigenvalue weighted by Gasteiger charge is -2.37. The summed E-state index contributed by atoms with van der Waals surface area (Å²) in [6.07, 6.45) is 6.91. The number of aromatic nitrogens is 2. The van der Waals surface area contributed by atoms with Gasteiger partial charge in [-0.2, -0.15) is 0 Å². The number of likely N-dealkylation sites (tertiary alicyclic amines) is 1. The molecule has 0 saturated carbocycles. The minimum absolute atomic E-state index is 0.0394. The fourth-order valence-corrected chi connectivity index (χ4v) is 4.25. The molecule has 1 spiro atoms. The maximum Gasteiger partial charge on any atom is 0.242 e. The van der Waals surface area contributed by atoms with Crippen molar-refractivity contribution in [2.45, 2.75) is 50.7 Å². The van der Waals surface area contributed by atoms with E-state index in [9.17, 15) is 14.4 Å². The number of ether oxygens (including phenoxy) is 1. The van der Waals surface area contributed by atoms with Gasteiger partial charge in [0.05, 0.1) is 17.7 Å². The molecular formula is C23H26N4O4. The van der Waals surface area contributed by atoms with Gasteiger partial charge >= 0.3 is 0 Å². The van der Waals surface area contributed by atoms with E-state index >= 15 is 0 Å². The van der Waals surface area contributed by atoms with E-state index in [2.05, 4.69) is 15.3 Å². The van der Waals surface area contributed by atoms with Crippen molar-refractivity contribution in [2.75, 3.05) is 13.1 Å². The van der Waals surface area contributed by atoms with Crippen molar-refractivity contribution in [2.24, 2.45) is 0 Å². The molecule has 0 aliphatic carbocycles. The Kier molecular flexibility index (Phi) is 5.97. The smallest absolute Gasteiger partial charge is 0.242 e. The van der Waals surface area contributed by atoms with E-state index in [0.717, 1.165) is 5.69 Å². The molecular weight excluding hydrogens is 396 g/mol. The fraction of sp³-hybridized carbons (Fsp3) is 0.435. The van der Waals surface area contributed by atoms with Crippen molar-refractivity contribution in [1.29, 1.82) is 0 Å². The molecule has 2 atom stereocenters. The molecule has 0 bridgehead atoms. The van der Waals surface area contributed by atoms with Crippen molar-refractivity contribution < 1.29 is 19.1 Å². The maximum absolute atomic E-state index is 12.8. The summed E-state index contributed by atoms with van der Waals surface area (Å²) in [7, 11) is 0. The molecule has 0 radical (unpaired) electrons. The van der Waals surface area contributed by atoms with Crippen LogP contribution in [0.3, 0.4) is 0 Å². The number of hydrogen-bond acceptors (Lipinski definition) is 6. The molecule has 8 nitrogen and oxygen atoms in total. The third-order valence-corrected chi connectivity index (χ3v) is 6.06. The van der Waals surface area contributed by atoms with Crippen molar-refractivity contribution >= 4 is 17.6 Å². The van der Waals surface area contributed by atoms with Crippen LogP contribution in [0.15, 0.2) is 42.9 Å². The highest BCUT2D eigenvalue weighted by Gasteiger charge is 2.44. The minimum Gasteiger partial charge on any atom is -0.486 e. The van der Waals surface area contributed by atoms with Gasteiger partial charge in [0.2, 0.25) is 11.8 Å². The first-order valence-corrected chi connectivity index (χ1v) is 10.6. The number of ketones is 1. The van der Waals surface area contributed by atoms with Gasteiger partial charge in [0.25, 0.3) is 0 Å². The highest BCUT2D eigenvalue weighted by Crippen LogP contribution is 2.39. The topological polar surface area (TPSA) is 101 Å². The van der Waals surface area contributed by atoms with Gasteiger partial charge in [-0.25, -0.2) is 0 Å². The fourth-order valence-electron chi connectivity index (χ4n) is 4.25. The van der Waals surface area contributed by atoms with Crippen LogP contribution in [0, 0.1) is 0 Å². The van der Waals surface area contributed by atoms with Gasteiger partial charge in [0, 0.05) is 50.9 Å². The standard InChI is InChI=1S/C23H26N4O4/c1-16(22(30)26-10-7-17-15-24-11-12-25-17)27-13-9-23(8-6-21(27)29)14-19(28)18-4-2-3-5-20(18)31-23/h2-5,11-12,15-16H,6-10,13-14H2,1H3,(H,26,30)/t16-,23+/m1/s1. The van der Waals surface area contributed by atoms with Crippen LogP contribution in [0.5, 0.6) is 5.75 Å². The molecule has 0 unspecified atom stereocenters. The van der Waals surface area contributed by atoms with E-state index in [0.29, 0.717) is 43.7 Å². The molecule has 3 heterocycles. The summed E-state index contributed by atoms with van der Waals surface area (Å²) in [5, 5.41) is 2.87. The first kappa shape index (κ1) is 21.0. The summed E-state index contributed by atoms with van der Waals surface area (Å²) >= 11 is 0. The van der Waals surface area contributed by atoms with E-state index in [4.69, 9.17) is 4.74 Å². The van der Waals surface area contributed by atoms with E-state index in [1.807, 2.05) is 12.1 Å². The van der Waals surface area contributed by atoms with Crippen LogP contribution in [0.1, 0.15) is 48.7 Å². The van der Waals surface area contributed by atoms with Gasteiger partial charge < -0.3 is 15.0 Å². The first-order valence-electron chi connectivity index (χ1n) is 10.6. The van der Waals surface area contributed by atoms with Gasteiger partial charge in [0.15, 0.2) is 5.78 Å². The van der Waals surface area contributed by atoms with Crippen LogP contribution < -0.4 is 10.1 Å². The molecule has 162 valence electrons. The minimum atomic E-state index is -0.696. The quantitative estimate of drug-likeness (QED) is 0.790. The SMILES string of the molecule is C[C@H](C(=O)NCCc1cnccn1)N1CC[C@@]2(CCC1=O)CC(=O)c1ccccc1O2. The lowest BCUT2D eigenvalue weighted by atomic mass is 9.84. The highest BCUT2D eigenvalue weighted by atomic mass is 16.5. The van der Waals surface area contributed by atoms with Gasteiger partial charge in [-0.1, -0.05) is 12.1 Å². The number of rotatable bonds is 5. The number of para-hydroxylation sites is 1. The van der Waals surface area contributed by atoms with Gasteiger partial charge in [0.1, 0.15) is 17.4 Å². The average molecular weight is 422 g/mol. The molecule has 31 heavy (non-hydrogen) atoms. The second kappa shape index (κ2) is 8.83. The number of benzene rings is 1. The normalized spacial score (nSPS) is 21.8. The molecule has 1 aromatic carbocycles. The zero-order chi connectivity index (χ0) is 21.8. The molecule has 8 heteroatoms. The molecule has 2 amide bonds. The summed E-state index contributed by atoms with van der Waals surface area (Å²) in [5.41, 5.74) is 0.692. The number of nitrogens with zero attached hydrogens (tertiary/aromatic N) is 3. The molecule has 1 fully saturated rings. The number of fused-ring (bicyclic) bond motifs is 1. The monoisotopic (exact) mass is 422 g/mol. The molecule has 1 aromatic heterocycles. The summed E-state index contributed by atoms with van der Waals surface area (Å²) in [6.45, 7) is 2.52. The van der Waals surface area contributed by atoms with Crippen LogP contribution in [0.2, 0.25) is 0 Å². The van der Waals surface area contributed by atoms with Crippen molar-refractivity contribution in [3.05, 3.63) is 54.1 Å².